The summed E-state index contributed by atoms with van der Waals surface area (Å²) in [6.07, 6.45) is 12.6. The van der Waals surface area contributed by atoms with E-state index in [1.54, 1.807) is 6.08 Å². The van der Waals surface area contributed by atoms with E-state index < -0.39 is 6.10 Å². The SMILES string of the molecule is C=O.CN.O=C1Nc2cc(Cc3nnc(C4=CCC(O)C=C4)s3)ccc2OC2CC=CC=C12. The quantitative estimate of drug-likeness (QED) is 0.635. The molecule has 9 heteroatoms. The summed E-state index contributed by atoms with van der Waals surface area (Å²) in [7, 11) is 1.50. The molecule has 0 spiro atoms. The van der Waals surface area contributed by atoms with E-state index in [2.05, 4.69) is 21.2 Å². The van der Waals surface area contributed by atoms with E-state index in [-0.39, 0.29) is 12.0 Å². The Morgan fingerprint density at radius 1 is 1.27 bits per heavy atom. The number of hydrogen-bond acceptors (Lipinski definition) is 8. The standard InChI is InChI=1S/C22H19N3O3S.CH5N.CH2O/c26-15-8-6-14(7-9-15)22-25-24-20(29-22)12-13-5-10-19-17(11-13)23-21(27)16-3-1-2-4-18(16)28-19;2*1-2/h1-3,5-8,10-11,15,18,26H,4,9,12H2,(H,23,27);2H2,1H3;1H2. The van der Waals surface area contributed by atoms with E-state index in [4.69, 9.17) is 9.53 Å². The highest BCUT2D eigenvalue weighted by Gasteiger charge is 2.28. The van der Waals surface area contributed by atoms with Crippen molar-refractivity contribution in [2.24, 2.45) is 5.73 Å². The highest BCUT2D eigenvalue weighted by Crippen LogP contribution is 2.34. The number of carbonyl (C=O) groups excluding carboxylic acids is 2. The number of ether oxygens (including phenoxy) is 1. The summed E-state index contributed by atoms with van der Waals surface area (Å²) in [6.45, 7) is 2.00. The molecule has 3 aliphatic rings. The van der Waals surface area contributed by atoms with Crippen LogP contribution >= 0.6 is 11.3 Å². The summed E-state index contributed by atoms with van der Waals surface area (Å²) in [6, 6.07) is 5.84. The van der Waals surface area contributed by atoms with Gasteiger partial charge in [-0.3, -0.25) is 4.79 Å². The first kappa shape index (κ1) is 24.2. The van der Waals surface area contributed by atoms with Gasteiger partial charge in [0, 0.05) is 18.4 Å². The molecule has 0 saturated carbocycles. The van der Waals surface area contributed by atoms with Gasteiger partial charge in [0.05, 0.1) is 17.4 Å². The summed E-state index contributed by atoms with van der Waals surface area (Å²) in [4.78, 5) is 20.5. The summed E-state index contributed by atoms with van der Waals surface area (Å²) >= 11 is 1.53. The van der Waals surface area contributed by atoms with Crippen LogP contribution in [0, 0.1) is 0 Å². The highest BCUT2D eigenvalue weighted by atomic mass is 32.1. The molecule has 172 valence electrons. The lowest BCUT2D eigenvalue weighted by Gasteiger charge is -2.18. The van der Waals surface area contributed by atoms with E-state index in [9.17, 15) is 9.90 Å². The average molecular weight is 467 g/mol. The maximum atomic E-state index is 12.5. The highest BCUT2D eigenvalue weighted by molar-refractivity contribution is 7.12. The van der Waals surface area contributed by atoms with Crippen molar-refractivity contribution in [1.82, 2.24) is 10.2 Å². The number of rotatable bonds is 3. The minimum atomic E-state index is -0.418. The summed E-state index contributed by atoms with van der Waals surface area (Å²) in [5, 5.41) is 22.9. The minimum absolute atomic E-state index is 0.119. The first-order chi connectivity index (χ1) is 16.2. The van der Waals surface area contributed by atoms with Gasteiger partial charge < -0.3 is 25.7 Å². The van der Waals surface area contributed by atoms with Crippen molar-refractivity contribution in [3.8, 4) is 5.75 Å². The molecule has 2 aliphatic carbocycles. The number of aromatic nitrogens is 2. The Labute approximate surface area is 196 Å². The number of anilines is 1. The van der Waals surface area contributed by atoms with Crippen LogP contribution in [0.3, 0.4) is 0 Å². The molecule has 4 N–H and O–H groups in total. The Hall–Kier alpha value is -3.40. The van der Waals surface area contributed by atoms with Gasteiger partial charge in [-0.05, 0) is 31.2 Å². The molecular weight excluding hydrogens is 440 g/mol. The van der Waals surface area contributed by atoms with E-state index >= 15 is 0 Å². The smallest absolute Gasteiger partial charge is 0.255 e. The van der Waals surface area contributed by atoms with Crippen molar-refractivity contribution in [2.75, 3.05) is 12.4 Å². The molecule has 1 aromatic heterocycles. The van der Waals surface area contributed by atoms with Gasteiger partial charge in [-0.15, -0.1) is 10.2 Å². The third kappa shape index (κ3) is 5.70. The molecule has 1 aliphatic heterocycles. The number of aliphatic hydroxyl groups is 1. The van der Waals surface area contributed by atoms with Crippen molar-refractivity contribution in [3.63, 3.8) is 0 Å². The zero-order valence-corrected chi connectivity index (χ0v) is 19.0. The number of nitrogens with two attached hydrogens (primary N) is 1. The topological polar surface area (TPSA) is 127 Å². The first-order valence-corrected chi connectivity index (χ1v) is 11.2. The Morgan fingerprint density at radius 3 is 2.85 bits per heavy atom. The molecule has 2 aromatic rings. The number of nitrogens with zero attached hydrogens (tertiary/aromatic N) is 2. The van der Waals surface area contributed by atoms with Gasteiger partial charge in [0.25, 0.3) is 5.91 Å². The molecule has 0 bridgehead atoms. The van der Waals surface area contributed by atoms with Gasteiger partial charge in [0.1, 0.15) is 28.7 Å². The van der Waals surface area contributed by atoms with Crippen LogP contribution in [0.4, 0.5) is 5.69 Å². The molecule has 1 aromatic carbocycles. The summed E-state index contributed by atoms with van der Waals surface area (Å²) < 4.78 is 6.06. The third-order valence-electron chi connectivity index (χ3n) is 5.08. The van der Waals surface area contributed by atoms with E-state index in [0.717, 1.165) is 21.2 Å². The second kappa shape index (κ2) is 11.5. The number of amides is 1. The molecule has 5 rings (SSSR count). The lowest BCUT2D eigenvalue weighted by Crippen LogP contribution is -2.25. The first-order valence-electron chi connectivity index (χ1n) is 10.4. The zero-order chi connectivity index (χ0) is 23.8. The molecule has 2 unspecified atom stereocenters. The van der Waals surface area contributed by atoms with Crippen LogP contribution in [-0.2, 0) is 16.0 Å². The molecule has 0 radical (unpaired) electrons. The molecular formula is C24H26N4O4S. The van der Waals surface area contributed by atoms with Crippen molar-refractivity contribution >= 4 is 35.3 Å². The fourth-order valence-corrected chi connectivity index (χ4v) is 4.46. The number of benzene rings is 1. The van der Waals surface area contributed by atoms with E-state index in [1.165, 1.54) is 18.4 Å². The Kier molecular flexibility index (Phi) is 8.42. The second-order valence-electron chi connectivity index (χ2n) is 7.18. The monoisotopic (exact) mass is 466 g/mol. The van der Waals surface area contributed by atoms with Gasteiger partial charge >= 0.3 is 0 Å². The van der Waals surface area contributed by atoms with Crippen molar-refractivity contribution in [1.29, 1.82) is 0 Å². The Balaban J connectivity index is 0.000000728. The van der Waals surface area contributed by atoms with Gasteiger partial charge in [-0.1, -0.05) is 53.9 Å². The van der Waals surface area contributed by atoms with Crippen LogP contribution in [0.2, 0.25) is 0 Å². The number of allylic oxidation sites excluding steroid dienone is 4. The summed E-state index contributed by atoms with van der Waals surface area (Å²) in [5.41, 5.74) is 7.85. The van der Waals surface area contributed by atoms with Crippen LogP contribution < -0.4 is 15.8 Å². The van der Waals surface area contributed by atoms with Gasteiger partial charge in [-0.2, -0.15) is 0 Å². The van der Waals surface area contributed by atoms with Gasteiger partial charge in [0.15, 0.2) is 0 Å². The van der Waals surface area contributed by atoms with E-state index in [1.807, 2.05) is 55.4 Å². The second-order valence-corrected chi connectivity index (χ2v) is 8.24. The largest absolute Gasteiger partial charge is 0.483 e. The maximum absolute atomic E-state index is 12.5. The molecule has 8 nitrogen and oxygen atoms in total. The molecule has 0 fully saturated rings. The van der Waals surface area contributed by atoms with Crippen molar-refractivity contribution in [3.05, 3.63) is 75.8 Å². The van der Waals surface area contributed by atoms with Crippen molar-refractivity contribution in [2.45, 2.75) is 31.5 Å². The molecule has 2 heterocycles. The van der Waals surface area contributed by atoms with Crippen LogP contribution in [0.5, 0.6) is 5.75 Å². The maximum Gasteiger partial charge on any atom is 0.255 e. The summed E-state index contributed by atoms with van der Waals surface area (Å²) in [5.74, 6) is 0.562. The molecule has 0 saturated heterocycles. The lowest BCUT2D eigenvalue weighted by molar-refractivity contribution is -0.113. The number of hydrogen-bond donors (Lipinski definition) is 3. The predicted octanol–water partition coefficient (Wildman–Crippen LogP) is 2.81. The van der Waals surface area contributed by atoms with Gasteiger partial charge in [-0.25, -0.2) is 0 Å². The van der Waals surface area contributed by atoms with E-state index in [0.29, 0.717) is 36.3 Å². The van der Waals surface area contributed by atoms with Crippen LogP contribution in [0.15, 0.2) is 60.2 Å². The fraction of sp³-hybridized carbons (Fsp3) is 0.250. The normalized spacial score (nSPS) is 20.2. The molecule has 33 heavy (non-hydrogen) atoms. The van der Waals surface area contributed by atoms with Gasteiger partial charge in [0.2, 0.25) is 0 Å². The Bertz CT molecular complexity index is 1120. The minimum Gasteiger partial charge on any atom is -0.483 e. The lowest BCUT2D eigenvalue weighted by atomic mass is 10.0. The molecule has 1 amide bonds. The van der Waals surface area contributed by atoms with Crippen molar-refractivity contribution < 1.29 is 19.4 Å². The van der Waals surface area contributed by atoms with Crippen LogP contribution in [0.1, 0.15) is 28.4 Å². The third-order valence-corrected chi connectivity index (χ3v) is 6.05. The number of carbonyl (C=O) groups is 2. The fourth-order valence-electron chi connectivity index (χ4n) is 3.56. The number of nitrogens with one attached hydrogen (secondary N) is 1. The van der Waals surface area contributed by atoms with Crippen LogP contribution in [-0.4, -0.2) is 47.3 Å². The number of fused-ring (bicyclic) bond motifs is 2. The zero-order valence-electron chi connectivity index (χ0n) is 18.2. The predicted molar refractivity (Wildman–Crippen MR) is 129 cm³/mol. The Morgan fingerprint density at radius 2 is 2.09 bits per heavy atom. The van der Waals surface area contributed by atoms with Crippen LogP contribution in [0.25, 0.3) is 5.57 Å². The average Bonchev–Trinajstić information content (AvgIpc) is 3.26. The number of aliphatic hydroxyl groups excluding tert-OH is 1. The molecule has 2 atom stereocenters.